The number of aromatic nitrogens is 2. The Kier molecular flexibility index (Phi) is 2.46. The lowest BCUT2D eigenvalue weighted by atomic mass is 10.1. The van der Waals surface area contributed by atoms with Crippen LogP contribution >= 0.6 is 0 Å². The molecule has 4 rings (SSSR count). The van der Waals surface area contributed by atoms with Gasteiger partial charge in [0.15, 0.2) is 0 Å². The summed E-state index contributed by atoms with van der Waals surface area (Å²) in [7, 11) is 0. The highest BCUT2D eigenvalue weighted by molar-refractivity contribution is 5.85. The zero-order valence-electron chi connectivity index (χ0n) is 10.7. The van der Waals surface area contributed by atoms with Crippen molar-refractivity contribution in [1.29, 1.82) is 0 Å². The van der Waals surface area contributed by atoms with E-state index in [4.69, 9.17) is 0 Å². The van der Waals surface area contributed by atoms with Gasteiger partial charge in [0, 0.05) is 22.5 Å². The van der Waals surface area contributed by atoms with Crippen LogP contribution in [0.2, 0.25) is 0 Å². The topological polar surface area (TPSA) is 25.8 Å². The number of pyridine rings is 2. The molecule has 0 unspecified atom stereocenters. The van der Waals surface area contributed by atoms with Gasteiger partial charge in [0.25, 0.3) is 0 Å². The second-order valence-corrected chi connectivity index (χ2v) is 4.72. The van der Waals surface area contributed by atoms with E-state index in [1.165, 1.54) is 0 Å². The third kappa shape index (κ3) is 1.82. The lowest BCUT2D eigenvalue weighted by Crippen LogP contribution is -1.87. The van der Waals surface area contributed by atoms with Crippen LogP contribution in [0.15, 0.2) is 66.9 Å². The molecule has 2 aromatic heterocycles. The highest BCUT2D eigenvalue weighted by atomic mass is 14.7. The van der Waals surface area contributed by atoms with E-state index in [9.17, 15) is 0 Å². The summed E-state index contributed by atoms with van der Waals surface area (Å²) in [6.45, 7) is 0. The van der Waals surface area contributed by atoms with E-state index in [2.05, 4.69) is 28.2 Å². The molecule has 0 aliphatic heterocycles. The van der Waals surface area contributed by atoms with Gasteiger partial charge in [-0.3, -0.25) is 4.98 Å². The Morgan fingerprint density at radius 3 is 2.60 bits per heavy atom. The van der Waals surface area contributed by atoms with Crippen molar-refractivity contribution < 1.29 is 0 Å². The second kappa shape index (κ2) is 4.42. The molecule has 1 radical (unpaired) electrons. The number of para-hydroxylation sites is 2. The monoisotopic (exact) mass is 255 g/mol. The van der Waals surface area contributed by atoms with Crippen LogP contribution in [0.4, 0.5) is 0 Å². The van der Waals surface area contributed by atoms with Crippen LogP contribution in [0, 0.1) is 6.07 Å². The minimum absolute atomic E-state index is 0.905. The first-order valence-electron chi connectivity index (χ1n) is 6.53. The molecule has 0 spiro atoms. The zero-order chi connectivity index (χ0) is 13.4. The Hall–Kier alpha value is -2.74. The molecule has 0 aliphatic rings. The van der Waals surface area contributed by atoms with E-state index >= 15 is 0 Å². The van der Waals surface area contributed by atoms with E-state index in [1.54, 1.807) is 0 Å². The molecule has 0 amide bonds. The van der Waals surface area contributed by atoms with E-state index in [0.29, 0.717) is 0 Å². The summed E-state index contributed by atoms with van der Waals surface area (Å²) in [6, 6.07) is 23.4. The van der Waals surface area contributed by atoms with E-state index in [0.717, 1.165) is 33.1 Å². The summed E-state index contributed by atoms with van der Waals surface area (Å²) >= 11 is 0. The van der Waals surface area contributed by atoms with Crippen LogP contribution in [0.1, 0.15) is 0 Å². The van der Waals surface area contributed by atoms with E-state index < -0.39 is 0 Å². The van der Waals surface area contributed by atoms with Crippen LogP contribution < -0.4 is 0 Å². The minimum Gasteiger partial charge on any atom is -0.256 e. The molecule has 0 N–H and O–H groups in total. The molecule has 93 valence electrons. The smallest absolute Gasteiger partial charge is 0.0731 e. The molecule has 2 heteroatoms. The standard InChI is InChI=1S/C18H11N2/c1-4-8-17-13(5-1)9-10-18(20-17)15-11-14-6-2-3-7-16(14)19-12-15/h1-8,10-12H. The van der Waals surface area contributed by atoms with Gasteiger partial charge in [-0.15, -0.1) is 0 Å². The molecule has 4 aromatic rings. The molecular formula is C18H11N2. The predicted octanol–water partition coefficient (Wildman–Crippen LogP) is 4.25. The molecule has 0 saturated carbocycles. The number of hydrogen-bond donors (Lipinski definition) is 0. The first kappa shape index (κ1) is 11.1. The van der Waals surface area contributed by atoms with Crippen molar-refractivity contribution in [1.82, 2.24) is 9.97 Å². The second-order valence-electron chi connectivity index (χ2n) is 4.72. The van der Waals surface area contributed by atoms with Crippen LogP contribution in [0.25, 0.3) is 33.1 Å². The van der Waals surface area contributed by atoms with Gasteiger partial charge < -0.3 is 0 Å². The van der Waals surface area contributed by atoms with Crippen LogP contribution in [-0.2, 0) is 0 Å². The predicted molar refractivity (Wildman–Crippen MR) is 81.3 cm³/mol. The first-order valence-corrected chi connectivity index (χ1v) is 6.53. The average molecular weight is 255 g/mol. The van der Waals surface area contributed by atoms with Gasteiger partial charge in [0.1, 0.15) is 0 Å². The number of benzene rings is 2. The minimum atomic E-state index is 0.905. The van der Waals surface area contributed by atoms with Crippen LogP contribution in [-0.4, -0.2) is 9.97 Å². The van der Waals surface area contributed by atoms with Gasteiger partial charge in [-0.05, 0) is 30.3 Å². The average Bonchev–Trinajstić information content (AvgIpc) is 2.54. The zero-order valence-corrected chi connectivity index (χ0v) is 10.7. The number of rotatable bonds is 1. The van der Waals surface area contributed by atoms with Crippen LogP contribution in [0.5, 0.6) is 0 Å². The molecule has 2 nitrogen and oxygen atoms in total. The fraction of sp³-hybridized carbons (Fsp3) is 0. The molecule has 0 fully saturated rings. The molecule has 20 heavy (non-hydrogen) atoms. The number of hydrogen-bond acceptors (Lipinski definition) is 2. The largest absolute Gasteiger partial charge is 0.256 e. The maximum absolute atomic E-state index is 4.68. The number of nitrogens with zero attached hydrogens (tertiary/aromatic N) is 2. The van der Waals surface area contributed by atoms with Gasteiger partial charge >= 0.3 is 0 Å². The Morgan fingerprint density at radius 2 is 1.65 bits per heavy atom. The highest BCUT2D eigenvalue weighted by Gasteiger charge is 2.03. The molecule has 2 aromatic carbocycles. The summed E-state index contributed by atoms with van der Waals surface area (Å²) in [4.78, 5) is 9.16. The Labute approximate surface area is 116 Å². The van der Waals surface area contributed by atoms with Gasteiger partial charge in [-0.1, -0.05) is 36.4 Å². The SMILES string of the molecule is [c]1cc(-c2cnc3ccccc3c2)nc2ccccc12. The molecule has 0 bridgehead atoms. The highest BCUT2D eigenvalue weighted by Crippen LogP contribution is 2.23. The molecule has 2 heterocycles. The number of fused-ring (bicyclic) bond motifs is 2. The molecular weight excluding hydrogens is 244 g/mol. The quantitative estimate of drug-likeness (QED) is 0.508. The Bertz CT molecular complexity index is 836. The summed E-state index contributed by atoms with van der Waals surface area (Å²) in [5.41, 5.74) is 3.88. The van der Waals surface area contributed by atoms with Crippen LogP contribution in [0.3, 0.4) is 0 Å². The third-order valence-electron chi connectivity index (χ3n) is 3.40. The van der Waals surface area contributed by atoms with Gasteiger partial charge in [0.2, 0.25) is 0 Å². The summed E-state index contributed by atoms with van der Waals surface area (Å²) in [6.07, 6.45) is 1.87. The molecule has 0 saturated heterocycles. The van der Waals surface area contributed by atoms with Crippen molar-refractivity contribution in [3.8, 4) is 11.3 Å². The fourth-order valence-electron chi connectivity index (χ4n) is 2.36. The third-order valence-corrected chi connectivity index (χ3v) is 3.40. The van der Waals surface area contributed by atoms with Gasteiger partial charge in [-0.25, -0.2) is 4.98 Å². The first-order chi connectivity index (χ1) is 9.90. The maximum atomic E-state index is 4.68. The lowest BCUT2D eigenvalue weighted by Gasteiger charge is -2.04. The van der Waals surface area contributed by atoms with Crippen molar-refractivity contribution in [3.63, 3.8) is 0 Å². The summed E-state index contributed by atoms with van der Waals surface area (Å²) in [5, 5.41) is 2.16. The van der Waals surface area contributed by atoms with Crippen molar-refractivity contribution in [2.75, 3.05) is 0 Å². The van der Waals surface area contributed by atoms with Crippen molar-refractivity contribution in [2.24, 2.45) is 0 Å². The van der Waals surface area contributed by atoms with Gasteiger partial charge in [-0.2, -0.15) is 0 Å². The fourth-order valence-corrected chi connectivity index (χ4v) is 2.36. The normalized spacial score (nSPS) is 11.0. The molecule has 0 aliphatic carbocycles. The van der Waals surface area contributed by atoms with Crippen molar-refractivity contribution in [2.45, 2.75) is 0 Å². The lowest BCUT2D eigenvalue weighted by molar-refractivity contribution is 1.35. The molecule has 0 atom stereocenters. The summed E-state index contributed by atoms with van der Waals surface area (Å²) in [5.74, 6) is 0. The Morgan fingerprint density at radius 1 is 0.850 bits per heavy atom. The van der Waals surface area contributed by atoms with Crippen molar-refractivity contribution >= 4 is 21.8 Å². The summed E-state index contributed by atoms with van der Waals surface area (Å²) < 4.78 is 0. The Balaban J connectivity index is 1.91. The van der Waals surface area contributed by atoms with E-state index in [1.807, 2.05) is 54.7 Å². The van der Waals surface area contributed by atoms with Gasteiger partial charge in [0.05, 0.1) is 16.7 Å². The van der Waals surface area contributed by atoms with Crippen molar-refractivity contribution in [3.05, 3.63) is 72.9 Å². The maximum Gasteiger partial charge on any atom is 0.0731 e. The van der Waals surface area contributed by atoms with E-state index in [-0.39, 0.29) is 0 Å².